The van der Waals surface area contributed by atoms with Crippen LogP contribution in [-0.2, 0) is 11.3 Å². The normalized spacial score (nSPS) is 15.8. The van der Waals surface area contributed by atoms with Crippen molar-refractivity contribution in [2.45, 2.75) is 32.7 Å². The van der Waals surface area contributed by atoms with Gasteiger partial charge in [0.15, 0.2) is 0 Å². The fourth-order valence-corrected chi connectivity index (χ4v) is 2.58. The number of nitrogens with one attached hydrogen (secondary N) is 1. The van der Waals surface area contributed by atoms with E-state index in [-0.39, 0.29) is 17.8 Å². The summed E-state index contributed by atoms with van der Waals surface area (Å²) in [5, 5.41) is 2.83. The number of carbonyl (C=O) groups is 2. The zero-order valence-corrected chi connectivity index (χ0v) is 12.3. The number of benzene rings is 1. The van der Waals surface area contributed by atoms with E-state index in [9.17, 15) is 14.0 Å². The van der Waals surface area contributed by atoms with Crippen LogP contribution < -0.4 is 5.32 Å². The van der Waals surface area contributed by atoms with Crippen LogP contribution in [0.2, 0.25) is 0 Å². The van der Waals surface area contributed by atoms with E-state index in [0.29, 0.717) is 31.8 Å². The molecule has 5 heteroatoms. The van der Waals surface area contributed by atoms with Gasteiger partial charge in [0.1, 0.15) is 11.6 Å². The van der Waals surface area contributed by atoms with Gasteiger partial charge in [-0.05, 0) is 30.5 Å². The lowest BCUT2D eigenvalue weighted by molar-refractivity contribution is -0.123. The number of rotatable bonds is 4. The van der Waals surface area contributed by atoms with Gasteiger partial charge in [0.25, 0.3) is 0 Å². The molecular formula is C16H21FN2O2. The fourth-order valence-electron chi connectivity index (χ4n) is 2.58. The van der Waals surface area contributed by atoms with Crippen molar-refractivity contribution < 1.29 is 14.0 Å². The molecule has 1 heterocycles. The molecule has 1 aliphatic heterocycles. The predicted molar refractivity (Wildman–Crippen MR) is 78.2 cm³/mol. The minimum Gasteiger partial charge on any atom is -0.334 e. The van der Waals surface area contributed by atoms with Crippen molar-refractivity contribution in [3.05, 3.63) is 35.6 Å². The Labute approximate surface area is 124 Å². The molecule has 1 aromatic carbocycles. The molecule has 2 amide bonds. The second-order valence-electron chi connectivity index (χ2n) is 5.37. The number of halogens is 1. The number of nitrogens with zero attached hydrogens (tertiary/aromatic N) is 1. The Morgan fingerprint density at radius 1 is 1.24 bits per heavy atom. The van der Waals surface area contributed by atoms with Crippen molar-refractivity contribution in [3.63, 3.8) is 0 Å². The van der Waals surface area contributed by atoms with E-state index in [0.717, 1.165) is 18.4 Å². The number of piperidine rings is 1. The standard InChI is InChI=1S/C16H21FN2O2/c1-2-15(20)13-7-9-19(10-8-13)16(21)18-11-12-3-5-14(17)6-4-12/h3-6,13H,2,7-11H2,1H3,(H,18,21). The molecule has 0 aliphatic carbocycles. The summed E-state index contributed by atoms with van der Waals surface area (Å²) < 4.78 is 12.8. The van der Waals surface area contributed by atoms with E-state index < -0.39 is 0 Å². The first-order valence-corrected chi connectivity index (χ1v) is 7.40. The Bertz CT molecular complexity index is 494. The molecule has 0 atom stereocenters. The summed E-state index contributed by atoms with van der Waals surface area (Å²) in [4.78, 5) is 25.4. The molecule has 1 fully saturated rings. The first-order chi connectivity index (χ1) is 10.1. The fraction of sp³-hybridized carbons (Fsp3) is 0.500. The van der Waals surface area contributed by atoms with Crippen molar-refractivity contribution in [1.29, 1.82) is 0 Å². The summed E-state index contributed by atoms with van der Waals surface area (Å²) in [6, 6.07) is 5.94. The van der Waals surface area contributed by atoms with Gasteiger partial charge >= 0.3 is 6.03 Å². The van der Waals surface area contributed by atoms with Gasteiger partial charge in [-0.2, -0.15) is 0 Å². The van der Waals surface area contributed by atoms with Crippen LogP contribution in [0.3, 0.4) is 0 Å². The van der Waals surface area contributed by atoms with E-state index in [1.807, 2.05) is 6.92 Å². The van der Waals surface area contributed by atoms with Crippen LogP contribution in [0.25, 0.3) is 0 Å². The second kappa shape index (κ2) is 7.20. The van der Waals surface area contributed by atoms with Crippen molar-refractivity contribution >= 4 is 11.8 Å². The molecule has 4 nitrogen and oxygen atoms in total. The van der Waals surface area contributed by atoms with Gasteiger partial charge in [-0.25, -0.2) is 9.18 Å². The highest BCUT2D eigenvalue weighted by Gasteiger charge is 2.25. The number of likely N-dealkylation sites (tertiary alicyclic amines) is 1. The maximum atomic E-state index is 12.8. The Morgan fingerprint density at radius 3 is 2.43 bits per heavy atom. The molecule has 0 aromatic heterocycles. The zero-order chi connectivity index (χ0) is 15.2. The maximum Gasteiger partial charge on any atom is 0.317 e. The lowest BCUT2D eigenvalue weighted by atomic mass is 9.91. The molecule has 0 radical (unpaired) electrons. The van der Waals surface area contributed by atoms with Gasteiger partial charge in [0, 0.05) is 32.0 Å². The average Bonchev–Trinajstić information content (AvgIpc) is 2.53. The third kappa shape index (κ3) is 4.28. The lowest BCUT2D eigenvalue weighted by Crippen LogP contribution is -2.45. The summed E-state index contributed by atoms with van der Waals surface area (Å²) in [6.07, 6.45) is 2.06. The molecular weight excluding hydrogens is 271 g/mol. The Balaban J connectivity index is 1.77. The summed E-state index contributed by atoms with van der Waals surface area (Å²) in [7, 11) is 0. The first kappa shape index (κ1) is 15.5. The number of carbonyl (C=O) groups excluding carboxylic acids is 2. The van der Waals surface area contributed by atoms with Crippen molar-refractivity contribution in [2.75, 3.05) is 13.1 Å². The molecule has 1 N–H and O–H groups in total. The molecule has 1 aromatic rings. The summed E-state index contributed by atoms with van der Waals surface area (Å²) in [6.45, 7) is 3.49. The monoisotopic (exact) mass is 292 g/mol. The van der Waals surface area contributed by atoms with Crippen LogP contribution in [-0.4, -0.2) is 29.8 Å². The molecule has 0 saturated carbocycles. The number of urea groups is 1. The topological polar surface area (TPSA) is 49.4 Å². The molecule has 1 saturated heterocycles. The van der Waals surface area contributed by atoms with E-state index in [4.69, 9.17) is 0 Å². The van der Waals surface area contributed by atoms with Crippen LogP contribution in [0.4, 0.5) is 9.18 Å². The Morgan fingerprint density at radius 2 is 1.86 bits per heavy atom. The highest BCUT2D eigenvalue weighted by molar-refractivity contribution is 5.81. The molecule has 0 unspecified atom stereocenters. The van der Waals surface area contributed by atoms with Crippen molar-refractivity contribution in [2.24, 2.45) is 5.92 Å². The minimum absolute atomic E-state index is 0.108. The van der Waals surface area contributed by atoms with Crippen LogP contribution >= 0.6 is 0 Å². The highest BCUT2D eigenvalue weighted by Crippen LogP contribution is 2.19. The van der Waals surface area contributed by atoms with Crippen LogP contribution in [0, 0.1) is 11.7 Å². The smallest absolute Gasteiger partial charge is 0.317 e. The maximum absolute atomic E-state index is 12.8. The minimum atomic E-state index is -0.284. The second-order valence-corrected chi connectivity index (χ2v) is 5.37. The van der Waals surface area contributed by atoms with Gasteiger partial charge in [-0.15, -0.1) is 0 Å². The van der Waals surface area contributed by atoms with Crippen LogP contribution in [0.15, 0.2) is 24.3 Å². The summed E-state index contributed by atoms with van der Waals surface area (Å²) in [5.74, 6) is 0.116. The van der Waals surface area contributed by atoms with Gasteiger partial charge in [-0.3, -0.25) is 4.79 Å². The van der Waals surface area contributed by atoms with Crippen molar-refractivity contribution in [3.8, 4) is 0 Å². The molecule has 0 spiro atoms. The third-order valence-corrected chi connectivity index (χ3v) is 3.94. The summed E-state index contributed by atoms with van der Waals surface area (Å²) in [5.41, 5.74) is 0.862. The van der Waals surface area contributed by atoms with E-state index >= 15 is 0 Å². The molecule has 114 valence electrons. The Hall–Kier alpha value is -1.91. The van der Waals surface area contributed by atoms with Gasteiger partial charge in [0.2, 0.25) is 0 Å². The average molecular weight is 292 g/mol. The van der Waals surface area contributed by atoms with Gasteiger partial charge in [-0.1, -0.05) is 19.1 Å². The summed E-state index contributed by atoms with van der Waals surface area (Å²) >= 11 is 0. The number of hydrogen-bond acceptors (Lipinski definition) is 2. The Kier molecular flexibility index (Phi) is 5.31. The van der Waals surface area contributed by atoms with E-state index in [2.05, 4.69) is 5.32 Å². The molecule has 0 bridgehead atoms. The number of ketones is 1. The number of hydrogen-bond donors (Lipinski definition) is 1. The quantitative estimate of drug-likeness (QED) is 0.927. The predicted octanol–water partition coefficient (Wildman–Crippen LogP) is 2.73. The third-order valence-electron chi connectivity index (χ3n) is 3.94. The first-order valence-electron chi connectivity index (χ1n) is 7.40. The lowest BCUT2D eigenvalue weighted by Gasteiger charge is -2.31. The van der Waals surface area contributed by atoms with E-state index in [1.165, 1.54) is 12.1 Å². The van der Waals surface area contributed by atoms with Crippen LogP contribution in [0.5, 0.6) is 0 Å². The highest BCUT2D eigenvalue weighted by atomic mass is 19.1. The van der Waals surface area contributed by atoms with E-state index in [1.54, 1.807) is 17.0 Å². The number of amides is 2. The van der Waals surface area contributed by atoms with Crippen molar-refractivity contribution in [1.82, 2.24) is 10.2 Å². The molecule has 1 aliphatic rings. The van der Waals surface area contributed by atoms with Gasteiger partial charge in [0.05, 0.1) is 0 Å². The van der Waals surface area contributed by atoms with Crippen LogP contribution in [0.1, 0.15) is 31.7 Å². The van der Waals surface area contributed by atoms with Gasteiger partial charge < -0.3 is 10.2 Å². The largest absolute Gasteiger partial charge is 0.334 e. The molecule has 2 rings (SSSR count). The molecule has 21 heavy (non-hydrogen) atoms. The zero-order valence-electron chi connectivity index (χ0n) is 12.3. The number of Topliss-reactive ketones (excluding diaryl/α,β-unsaturated/α-hetero) is 1. The SMILES string of the molecule is CCC(=O)C1CCN(C(=O)NCc2ccc(F)cc2)CC1.